The minimum Gasteiger partial charge on any atom is -0.325 e. The number of benzene rings is 1. The molecular formula is C20H20F5N3O3S. The van der Waals surface area contributed by atoms with Gasteiger partial charge >= 0.3 is 12.2 Å². The Hall–Kier alpha value is -2.76. The zero-order valence-electron chi connectivity index (χ0n) is 16.9. The molecule has 1 aliphatic heterocycles. The predicted molar refractivity (Wildman–Crippen MR) is 106 cm³/mol. The van der Waals surface area contributed by atoms with Crippen LogP contribution in [-0.2, 0) is 16.0 Å². The average molecular weight is 477 g/mol. The number of rotatable bonds is 4. The molecular weight excluding hydrogens is 457 g/mol. The van der Waals surface area contributed by atoms with Gasteiger partial charge in [-0.1, -0.05) is 0 Å². The van der Waals surface area contributed by atoms with Gasteiger partial charge in [-0.2, -0.15) is 17.6 Å². The largest absolute Gasteiger partial charge is 0.416 e. The topological polar surface area (TPSA) is 79.4 Å². The van der Waals surface area contributed by atoms with Crippen molar-refractivity contribution in [2.75, 3.05) is 18.4 Å². The van der Waals surface area contributed by atoms with Crippen LogP contribution in [0.4, 0.5) is 32.4 Å². The fourth-order valence-electron chi connectivity index (χ4n) is 3.55. The van der Waals surface area contributed by atoms with Gasteiger partial charge in [0.15, 0.2) is 0 Å². The van der Waals surface area contributed by atoms with Gasteiger partial charge in [0.1, 0.15) is 0 Å². The molecule has 1 saturated heterocycles. The number of nitrogens with zero attached hydrogens (tertiary/aromatic N) is 2. The van der Waals surface area contributed by atoms with Crippen molar-refractivity contribution in [3.05, 3.63) is 54.1 Å². The number of likely N-dealkylation sites (tertiary alicyclic amines) is 1. The number of carbonyl (C=O) groups is 1. The van der Waals surface area contributed by atoms with E-state index in [0.29, 0.717) is 12.1 Å². The summed E-state index contributed by atoms with van der Waals surface area (Å²) in [6.45, 7) is 0.984. The van der Waals surface area contributed by atoms with Crippen LogP contribution < -0.4 is 5.32 Å². The molecule has 1 aliphatic rings. The number of pyridine rings is 1. The van der Waals surface area contributed by atoms with Gasteiger partial charge in [-0.3, -0.25) is 0 Å². The first kappa shape index (κ1) is 23.9. The van der Waals surface area contributed by atoms with Crippen molar-refractivity contribution < 1.29 is 35.2 Å². The Morgan fingerprint density at radius 2 is 1.69 bits per heavy atom. The molecule has 2 amide bonds. The zero-order chi connectivity index (χ0) is 23.7. The number of piperidine rings is 1. The molecule has 174 valence electrons. The van der Waals surface area contributed by atoms with Crippen LogP contribution in [0.15, 0.2) is 47.5 Å². The lowest BCUT2D eigenvalue weighted by atomic mass is 9.92. The maximum Gasteiger partial charge on any atom is 0.416 e. The number of aromatic nitrogens is 1. The van der Waals surface area contributed by atoms with Crippen LogP contribution in [0.25, 0.3) is 0 Å². The van der Waals surface area contributed by atoms with Crippen LogP contribution in [0.1, 0.15) is 25.3 Å². The number of urea groups is 1. The predicted octanol–water partition coefficient (Wildman–Crippen LogP) is 4.64. The molecule has 1 unspecified atom stereocenters. The van der Waals surface area contributed by atoms with Gasteiger partial charge in [0.25, 0.3) is 0 Å². The maximum absolute atomic E-state index is 15.5. The van der Waals surface area contributed by atoms with Gasteiger partial charge < -0.3 is 10.2 Å². The molecule has 32 heavy (non-hydrogen) atoms. The van der Waals surface area contributed by atoms with Crippen LogP contribution in [-0.4, -0.2) is 42.4 Å². The van der Waals surface area contributed by atoms with Crippen molar-refractivity contribution in [1.29, 1.82) is 0 Å². The molecule has 12 heteroatoms. The van der Waals surface area contributed by atoms with E-state index in [9.17, 15) is 30.8 Å². The third kappa shape index (κ3) is 4.84. The quantitative estimate of drug-likeness (QED) is 0.514. The summed E-state index contributed by atoms with van der Waals surface area (Å²) in [5.41, 5.74) is -0.852. The highest BCUT2D eigenvalue weighted by molar-refractivity contribution is 7.92. The molecule has 0 aliphatic carbocycles. The monoisotopic (exact) mass is 477 g/mol. The van der Waals surface area contributed by atoms with Crippen molar-refractivity contribution in [2.24, 2.45) is 5.92 Å². The fraction of sp³-hybridized carbons (Fsp3) is 0.400. The Balaban J connectivity index is 1.67. The molecule has 1 atom stereocenters. The van der Waals surface area contributed by atoms with E-state index in [1.165, 1.54) is 17.2 Å². The first-order chi connectivity index (χ1) is 14.8. The Morgan fingerprint density at radius 1 is 1.09 bits per heavy atom. The number of alkyl halides is 4. The third-order valence-electron chi connectivity index (χ3n) is 5.51. The minimum absolute atomic E-state index is 0.0188. The third-order valence-corrected chi connectivity index (χ3v) is 7.78. The highest BCUT2D eigenvalue weighted by Gasteiger charge is 2.48. The van der Waals surface area contributed by atoms with E-state index in [1.54, 1.807) is 0 Å². The first-order valence-electron chi connectivity index (χ1n) is 9.60. The number of amides is 2. The summed E-state index contributed by atoms with van der Waals surface area (Å²) in [7, 11) is -4.59. The molecule has 1 aromatic carbocycles. The number of halogens is 5. The van der Waals surface area contributed by atoms with Gasteiger partial charge in [-0.05, 0) is 50.1 Å². The average Bonchev–Trinajstić information content (AvgIpc) is 2.73. The van der Waals surface area contributed by atoms with E-state index in [4.69, 9.17) is 0 Å². The summed E-state index contributed by atoms with van der Waals surface area (Å²) in [5.74, 6) is -1.75. The summed E-state index contributed by atoms with van der Waals surface area (Å²) in [4.78, 5) is 16.5. The smallest absolute Gasteiger partial charge is 0.325 e. The highest BCUT2D eigenvalue weighted by Crippen LogP contribution is 2.40. The van der Waals surface area contributed by atoms with Crippen LogP contribution in [0, 0.1) is 11.9 Å². The number of carbonyl (C=O) groups excluding carboxylic acids is 1. The minimum atomic E-state index is -4.64. The van der Waals surface area contributed by atoms with Crippen LogP contribution in [0.2, 0.25) is 0 Å². The zero-order valence-corrected chi connectivity index (χ0v) is 17.7. The molecule has 1 aromatic heterocycles. The summed E-state index contributed by atoms with van der Waals surface area (Å²) in [6, 6.07) is 4.54. The van der Waals surface area contributed by atoms with Gasteiger partial charge in [-0.15, -0.1) is 0 Å². The van der Waals surface area contributed by atoms with E-state index in [0.717, 1.165) is 25.1 Å². The van der Waals surface area contributed by atoms with Crippen molar-refractivity contribution in [2.45, 2.75) is 35.8 Å². The molecule has 2 heterocycles. The SMILES string of the molecule is CC(F)(C1CCN(C(=O)Nc2ccnc(F)c2)CC1)S(=O)(=O)c1ccc(C(F)(F)F)cc1. The van der Waals surface area contributed by atoms with Crippen LogP contribution in [0.5, 0.6) is 0 Å². The van der Waals surface area contributed by atoms with E-state index in [-0.39, 0.29) is 31.6 Å². The van der Waals surface area contributed by atoms with E-state index in [2.05, 4.69) is 10.3 Å². The summed E-state index contributed by atoms with van der Waals surface area (Å²) in [6.07, 6.45) is -3.43. The highest BCUT2D eigenvalue weighted by atomic mass is 32.2. The lowest BCUT2D eigenvalue weighted by molar-refractivity contribution is -0.137. The van der Waals surface area contributed by atoms with Gasteiger partial charge in [0, 0.05) is 37.0 Å². The van der Waals surface area contributed by atoms with Crippen molar-refractivity contribution >= 4 is 21.6 Å². The molecule has 6 nitrogen and oxygen atoms in total. The van der Waals surface area contributed by atoms with Crippen molar-refractivity contribution in [3.8, 4) is 0 Å². The second-order valence-electron chi connectivity index (χ2n) is 7.57. The van der Waals surface area contributed by atoms with Crippen LogP contribution >= 0.6 is 0 Å². The van der Waals surface area contributed by atoms with Gasteiger partial charge in [-0.25, -0.2) is 22.6 Å². The molecule has 0 saturated carbocycles. The lowest BCUT2D eigenvalue weighted by Gasteiger charge is -2.37. The fourth-order valence-corrected chi connectivity index (χ4v) is 5.18. The summed E-state index contributed by atoms with van der Waals surface area (Å²) in [5, 5.41) is -0.264. The first-order valence-corrected chi connectivity index (χ1v) is 11.1. The van der Waals surface area contributed by atoms with Gasteiger partial charge in [0.05, 0.1) is 10.5 Å². The Morgan fingerprint density at radius 3 is 2.22 bits per heavy atom. The molecule has 0 spiro atoms. The standard InChI is InChI=1S/C20H20F5N3O3S/c1-19(22,32(30,31)16-4-2-14(3-5-16)20(23,24)25)13-7-10-28(11-8-13)18(29)27-15-6-9-26-17(21)12-15/h2-6,9,12-13H,7-8,10-11H2,1H3,(H,26,27,29). The number of hydrogen-bond acceptors (Lipinski definition) is 4. The Kier molecular flexibility index (Phi) is 6.45. The Labute approximate surface area is 181 Å². The van der Waals surface area contributed by atoms with Crippen LogP contribution in [0.3, 0.4) is 0 Å². The number of hydrogen-bond donors (Lipinski definition) is 1. The van der Waals surface area contributed by atoms with E-state index < -0.39 is 49.4 Å². The molecule has 2 aromatic rings. The van der Waals surface area contributed by atoms with Gasteiger partial charge in [0.2, 0.25) is 20.8 Å². The number of nitrogens with one attached hydrogen (secondary N) is 1. The van der Waals surface area contributed by atoms with E-state index in [1.807, 2.05) is 0 Å². The maximum atomic E-state index is 15.5. The lowest BCUT2D eigenvalue weighted by Crippen LogP contribution is -2.48. The second kappa shape index (κ2) is 8.64. The summed E-state index contributed by atoms with van der Waals surface area (Å²) >= 11 is 0. The number of sulfone groups is 1. The molecule has 0 bridgehead atoms. The normalized spacial score (nSPS) is 17.6. The molecule has 1 fully saturated rings. The molecule has 3 rings (SSSR count). The molecule has 1 N–H and O–H groups in total. The Bertz CT molecular complexity index is 1080. The van der Waals surface area contributed by atoms with E-state index >= 15 is 4.39 Å². The van der Waals surface area contributed by atoms with Crippen molar-refractivity contribution in [1.82, 2.24) is 9.88 Å². The second-order valence-corrected chi connectivity index (χ2v) is 9.85. The van der Waals surface area contributed by atoms with Crippen molar-refractivity contribution in [3.63, 3.8) is 0 Å². The molecule has 0 radical (unpaired) electrons. The summed E-state index contributed by atoms with van der Waals surface area (Å²) < 4.78 is 92.4. The number of anilines is 1.